The van der Waals surface area contributed by atoms with E-state index in [9.17, 15) is 0 Å². The first-order chi connectivity index (χ1) is 10.3. The highest BCUT2D eigenvalue weighted by Gasteiger charge is 2.34. The Morgan fingerprint density at radius 2 is 1.32 bits per heavy atom. The monoisotopic (exact) mass is 294 g/mol. The van der Waals surface area contributed by atoms with Gasteiger partial charge in [-0.1, -0.05) is 65.8 Å². The zero-order valence-corrected chi connectivity index (χ0v) is 14.5. The molecule has 0 atom stereocenters. The topological polar surface area (TPSA) is 9.23 Å². The van der Waals surface area contributed by atoms with Crippen LogP contribution in [0.5, 0.6) is 11.5 Å². The Morgan fingerprint density at radius 1 is 0.727 bits per heavy atom. The van der Waals surface area contributed by atoms with Crippen LogP contribution in [0.1, 0.15) is 75.6 Å². The van der Waals surface area contributed by atoms with Gasteiger partial charge in [0.1, 0.15) is 11.5 Å². The van der Waals surface area contributed by atoms with Crippen molar-refractivity contribution in [1.82, 2.24) is 0 Å². The summed E-state index contributed by atoms with van der Waals surface area (Å²) >= 11 is 0. The van der Waals surface area contributed by atoms with Crippen molar-refractivity contribution in [2.24, 2.45) is 0 Å². The van der Waals surface area contributed by atoms with Crippen LogP contribution in [0.4, 0.5) is 0 Å². The average molecular weight is 294 g/mol. The molecular formula is C21H26O. The van der Waals surface area contributed by atoms with Gasteiger partial charge in [0.25, 0.3) is 0 Å². The van der Waals surface area contributed by atoms with Crippen LogP contribution < -0.4 is 4.74 Å². The molecule has 0 amide bonds. The predicted octanol–water partition coefficient (Wildman–Crippen LogP) is 6.37. The molecule has 0 unspecified atom stereocenters. The third-order valence-corrected chi connectivity index (χ3v) is 4.91. The molecule has 1 heterocycles. The molecule has 3 rings (SSSR count). The lowest BCUT2D eigenvalue weighted by molar-refractivity contribution is 0.416. The molecule has 0 N–H and O–H groups in total. The van der Waals surface area contributed by atoms with E-state index in [0.29, 0.717) is 11.8 Å². The molecule has 1 nitrogen and oxygen atoms in total. The van der Waals surface area contributed by atoms with E-state index in [1.54, 1.807) is 0 Å². The summed E-state index contributed by atoms with van der Waals surface area (Å²) in [7, 11) is 0. The fourth-order valence-electron chi connectivity index (χ4n) is 3.25. The second kappa shape index (κ2) is 5.15. The Hall–Kier alpha value is -1.76. The second-order valence-corrected chi connectivity index (χ2v) is 7.55. The minimum Gasteiger partial charge on any atom is -0.457 e. The fraction of sp³-hybridized carbons (Fsp3) is 0.429. The van der Waals surface area contributed by atoms with E-state index in [0.717, 1.165) is 11.5 Å². The van der Waals surface area contributed by atoms with Crippen molar-refractivity contribution in [1.29, 1.82) is 0 Å². The van der Waals surface area contributed by atoms with E-state index in [1.807, 2.05) is 0 Å². The van der Waals surface area contributed by atoms with E-state index < -0.39 is 0 Å². The van der Waals surface area contributed by atoms with Gasteiger partial charge in [-0.2, -0.15) is 0 Å². The van der Waals surface area contributed by atoms with Gasteiger partial charge in [-0.05, 0) is 35.1 Å². The van der Waals surface area contributed by atoms with Gasteiger partial charge in [-0.15, -0.1) is 0 Å². The van der Waals surface area contributed by atoms with E-state index >= 15 is 0 Å². The Balaban J connectivity index is 2.14. The van der Waals surface area contributed by atoms with Gasteiger partial charge >= 0.3 is 0 Å². The van der Waals surface area contributed by atoms with Gasteiger partial charge in [-0.3, -0.25) is 0 Å². The molecule has 1 heteroatoms. The van der Waals surface area contributed by atoms with Crippen molar-refractivity contribution in [3.63, 3.8) is 0 Å². The number of rotatable bonds is 2. The number of fused-ring (bicyclic) bond motifs is 2. The number of benzene rings is 2. The van der Waals surface area contributed by atoms with Crippen molar-refractivity contribution in [3.8, 4) is 11.5 Å². The van der Waals surface area contributed by atoms with E-state index in [4.69, 9.17) is 4.74 Å². The third-order valence-electron chi connectivity index (χ3n) is 4.91. The maximum atomic E-state index is 6.24. The van der Waals surface area contributed by atoms with Crippen LogP contribution in [0.25, 0.3) is 0 Å². The van der Waals surface area contributed by atoms with Gasteiger partial charge in [0.05, 0.1) is 0 Å². The zero-order valence-electron chi connectivity index (χ0n) is 14.5. The highest BCUT2D eigenvalue weighted by molar-refractivity contribution is 5.58. The second-order valence-electron chi connectivity index (χ2n) is 7.55. The van der Waals surface area contributed by atoms with Crippen LogP contribution in [0.2, 0.25) is 0 Å². The lowest BCUT2D eigenvalue weighted by atomic mass is 9.74. The normalized spacial score (nSPS) is 15.5. The summed E-state index contributed by atoms with van der Waals surface area (Å²) in [6.45, 7) is 13.5. The molecule has 0 aromatic heterocycles. The molecule has 1 aliphatic heterocycles. The lowest BCUT2D eigenvalue weighted by Crippen LogP contribution is -2.24. The highest BCUT2D eigenvalue weighted by Crippen LogP contribution is 2.49. The fourth-order valence-corrected chi connectivity index (χ4v) is 3.25. The molecule has 0 saturated carbocycles. The highest BCUT2D eigenvalue weighted by atomic mass is 16.5. The van der Waals surface area contributed by atoms with Crippen molar-refractivity contribution in [2.75, 3.05) is 0 Å². The van der Waals surface area contributed by atoms with Crippen molar-refractivity contribution < 1.29 is 4.74 Å². The first-order valence-electron chi connectivity index (χ1n) is 8.27. The SMILES string of the molecule is CC(C)c1ccc2c(c1)Oc1ccc(C(C)C)cc1C2(C)C. The maximum Gasteiger partial charge on any atom is 0.131 e. The molecule has 2 aromatic carbocycles. The summed E-state index contributed by atoms with van der Waals surface area (Å²) in [4.78, 5) is 0. The molecule has 2 aromatic rings. The predicted molar refractivity (Wildman–Crippen MR) is 93.3 cm³/mol. The molecule has 0 radical (unpaired) electrons. The van der Waals surface area contributed by atoms with Crippen molar-refractivity contribution >= 4 is 0 Å². The van der Waals surface area contributed by atoms with Gasteiger partial charge in [0, 0.05) is 16.5 Å². The van der Waals surface area contributed by atoms with Gasteiger partial charge in [-0.25, -0.2) is 0 Å². The smallest absolute Gasteiger partial charge is 0.131 e. The van der Waals surface area contributed by atoms with Crippen LogP contribution in [0.15, 0.2) is 36.4 Å². The van der Waals surface area contributed by atoms with Crippen LogP contribution in [-0.4, -0.2) is 0 Å². The summed E-state index contributed by atoms with van der Waals surface area (Å²) in [6.07, 6.45) is 0. The maximum absolute atomic E-state index is 6.24. The number of hydrogen-bond acceptors (Lipinski definition) is 1. The van der Waals surface area contributed by atoms with Crippen molar-refractivity contribution in [2.45, 2.75) is 58.8 Å². The molecule has 0 bridgehead atoms. The van der Waals surface area contributed by atoms with E-state index in [2.05, 4.69) is 77.9 Å². The molecule has 116 valence electrons. The zero-order chi connectivity index (χ0) is 16.1. The average Bonchev–Trinajstić information content (AvgIpc) is 2.46. The largest absolute Gasteiger partial charge is 0.457 e. The summed E-state index contributed by atoms with van der Waals surface area (Å²) in [6, 6.07) is 13.3. The molecular weight excluding hydrogens is 268 g/mol. The Morgan fingerprint density at radius 3 is 1.95 bits per heavy atom. The molecule has 1 aliphatic rings. The first kappa shape index (κ1) is 15.1. The Bertz CT molecular complexity index is 708. The molecule has 0 spiro atoms. The number of hydrogen-bond donors (Lipinski definition) is 0. The lowest BCUT2D eigenvalue weighted by Gasteiger charge is -2.35. The molecule has 0 saturated heterocycles. The third kappa shape index (κ3) is 2.33. The van der Waals surface area contributed by atoms with Gasteiger partial charge in [0.2, 0.25) is 0 Å². The van der Waals surface area contributed by atoms with E-state index in [1.165, 1.54) is 22.3 Å². The number of ether oxygens (including phenoxy) is 1. The van der Waals surface area contributed by atoms with Crippen molar-refractivity contribution in [3.05, 3.63) is 58.7 Å². The minimum atomic E-state index is -0.0245. The quantitative estimate of drug-likeness (QED) is 0.625. The minimum absolute atomic E-state index is 0.0245. The van der Waals surface area contributed by atoms with Crippen LogP contribution in [-0.2, 0) is 5.41 Å². The van der Waals surface area contributed by atoms with Crippen LogP contribution in [0, 0.1) is 0 Å². The van der Waals surface area contributed by atoms with E-state index in [-0.39, 0.29) is 5.41 Å². The summed E-state index contributed by atoms with van der Waals surface area (Å²) in [5, 5.41) is 0. The summed E-state index contributed by atoms with van der Waals surface area (Å²) in [5.74, 6) is 3.07. The Labute approximate surface area is 134 Å². The first-order valence-corrected chi connectivity index (χ1v) is 8.27. The molecule has 0 aliphatic carbocycles. The van der Waals surface area contributed by atoms with Gasteiger partial charge < -0.3 is 4.74 Å². The summed E-state index contributed by atoms with van der Waals surface area (Å²) < 4.78 is 6.24. The summed E-state index contributed by atoms with van der Waals surface area (Å²) in [5.41, 5.74) is 5.26. The Kier molecular flexibility index (Phi) is 3.55. The van der Waals surface area contributed by atoms with Crippen LogP contribution >= 0.6 is 0 Å². The molecule has 22 heavy (non-hydrogen) atoms. The van der Waals surface area contributed by atoms with Crippen LogP contribution in [0.3, 0.4) is 0 Å². The van der Waals surface area contributed by atoms with Gasteiger partial charge in [0.15, 0.2) is 0 Å². The molecule has 0 fully saturated rings. The standard InChI is InChI=1S/C21H26O/c1-13(2)15-8-10-19-18(11-15)21(5,6)17-9-7-16(14(3)4)12-20(17)22-19/h7-14H,1-6H3.